The van der Waals surface area contributed by atoms with Crippen LogP contribution < -0.4 is 0 Å². The van der Waals surface area contributed by atoms with Gasteiger partial charge in [0.2, 0.25) is 11.8 Å². The molecule has 5 nitrogen and oxygen atoms in total. The number of carbonyl (C=O) groups excluding carboxylic acids is 2. The summed E-state index contributed by atoms with van der Waals surface area (Å²) >= 11 is 1.84. The maximum absolute atomic E-state index is 13.3. The molecule has 138 valence electrons. The number of carbonyl (C=O) groups is 2. The van der Waals surface area contributed by atoms with E-state index in [0.717, 1.165) is 38.9 Å². The van der Waals surface area contributed by atoms with Crippen LogP contribution in [0.25, 0.3) is 0 Å². The number of piperidine rings is 1. The monoisotopic (exact) mass is 355 g/mol. The van der Waals surface area contributed by atoms with Crippen LogP contribution in [0.15, 0.2) is 0 Å². The molecule has 2 amide bonds. The van der Waals surface area contributed by atoms with Crippen molar-refractivity contribution in [2.75, 3.05) is 40.0 Å². The molecule has 3 unspecified atom stereocenters. The third kappa shape index (κ3) is 4.45. The summed E-state index contributed by atoms with van der Waals surface area (Å²) in [7, 11) is 4.17. The van der Waals surface area contributed by atoms with Crippen LogP contribution in [0.2, 0.25) is 0 Å². The van der Waals surface area contributed by atoms with E-state index in [1.54, 1.807) is 0 Å². The number of hydrogen-bond acceptors (Lipinski definition) is 4. The Morgan fingerprint density at radius 1 is 1.29 bits per heavy atom. The maximum atomic E-state index is 13.3. The van der Waals surface area contributed by atoms with Gasteiger partial charge in [-0.2, -0.15) is 11.8 Å². The normalized spacial score (nSPS) is 26.5. The van der Waals surface area contributed by atoms with E-state index in [-0.39, 0.29) is 17.9 Å². The van der Waals surface area contributed by atoms with Gasteiger partial charge in [-0.25, -0.2) is 0 Å². The molecule has 0 aliphatic carbocycles. The summed E-state index contributed by atoms with van der Waals surface area (Å²) in [5.74, 6) is 0.713. The lowest BCUT2D eigenvalue weighted by atomic mass is 9.98. The number of nitrogens with zero attached hydrogens (tertiary/aromatic N) is 3. The van der Waals surface area contributed by atoms with Crippen LogP contribution in [0.3, 0.4) is 0 Å². The number of thioether (sulfide) groups is 1. The van der Waals surface area contributed by atoms with Gasteiger partial charge in [-0.15, -0.1) is 0 Å². The summed E-state index contributed by atoms with van der Waals surface area (Å²) < 4.78 is 0. The fourth-order valence-electron chi connectivity index (χ4n) is 3.84. The molecule has 2 heterocycles. The highest BCUT2D eigenvalue weighted by molar-refractivity contribution is 7.99. The van der Waals surface area contributed by atoms with Gasteiger partial charge in [0.1, 0.15) is 6.04 Å². The topological polar surface area (TPSA) is 43.9 Å². The van der Waals surface area contributed by atoms with Crippen molar-refractivity contribution in [1.82, 2.24) is 14.7 Å². The Bertz CT molecular complexity index is 456. The van der Waals surface area contributed by atoms with Gasteiger partial charge in [-0.1, -0.05) is 13.8 Å². The van der Waals surface area contributed by atoms with Gasteiger partial charge in [0.15, 0.2) is 0 Å². The van der Waals surface area contributed by atoms with Gasteiger partial charge in [0.25, 0.3) is 0 Å². The minimum atomic E-state index is -0.277. The van der Waals surface area contributed by atoms with E-state index >= 15 is 0 Å². The summed E-state index contributed by atoms with van der Waals surface area (Å²) in [6, 6.07) is 0.113. The van der Waals surface area contributed by atoms with Gasteiger partial charge in [0, 0.05) is 37.3 Å². The average molecular weight is 356 g/mol. The van der Waals surface area contributed by atoms with Crippen molar-refractivity contribution >= 4 is 23.6 Å². The molecular weight excluding hydrogens is 322 g/mol. The van der Waals surface area contributed by atoms with Crippen molar-refractivity contribution in [2.24, 2.45) is 5.92 Å². The summed E-state index contributed by atoms with van der Waals surface area (Å²) in [6.07, 6.45) is 5.45. The highest BCUT2D eigenvalue weighted by Gasteiger charge is 2.41. The Hall–Kier alpha value is -0.750. The summed E-state index contributed by atoms with van der Waals surface area (Å²) in [6.45, 7) is 6.56. The Labute approximate surface area is 151 Å². The van der Waals surface area contributed by atoms with Crippen LogP contribution in [0.4, 0.5) is 0 Å². The minimum absolute atomic E-state index is 0.155. The smallest absolute Gasteiger partial charge is 0.245 e. The van der Waals surface area contributed by atoms with E-state index in [0.29, 0.717) is 23.6 Å². The first-order valence-electron chi connectivity index (χ1n) is 9.12. The lowest BCUT2D eigenvalue weighted by Crippen LogP contribution is -2.52. The summed E-state index contributed by atoms with van der Waals surface area (Å²) in [4.78, 5) is 31.7. The van der Waals surface area contributed by atoms with Crippen molar-refractivity contribution < 1.29 is 9.59 Å². The molecule has 2 saturated heterocycles. The standard InChI is InChI=1S/C18H33N3O2S/c1-13(2)10-14(21-9-7-6-8-17(21)22)18(23)20-11-15(19(3)4)16(12-20)24-5/h13-16H,6-12H2,1-5H3. The molecule has 2 aliphatic rings. The molecule has 0 bridgehead atoms. The van der Waals surface area contributed by atoms with E-state index in [1.165, 1.54) is 0 Å². The van der Waals surface area contributed by atoms with Crippen LogP contribution in [0.5, 0.6) is 0 Å². The first kappa shape index (κ1) is 19.6. The predicted octanol–water partition coefficient (Wildman–Crippen LogP) is 1.92. The number of hydrogen-bond donors (Lipinski definition) is 0. The van der Waals surface area contributed by atoms with Crippen LogP contribution in [-0.4, -0.2) is 83.8 Å². The fourth-order valence-corrected chi connectivity index (χ4v) is 4.81. The molecule has 0 spiro atoms. The third-order valence-corrected chi connectivity index (χ3v) is 6.30. The molecule has 0 aromatic heterocycles. The second-order valence-electron chi connectivity index (χ2n) is 7.74. The number of amides is 2. The summed E-state index contributed by atoms with van der Waals surface area (Å²) in [5.41, 5.74) is 0. The molecule has 0 N–H and O–H groups in total. The molecule has 0 saturated carbocycles. The molecule has 0 aromatic carbocycles. The lowest BCUT2D eigenvalue weighted by molar-refractivity contribution is -0.147. The fraction of sp³-hybridized carbons (Fsp3) is 0.889. The van der Waals surface area contributed by atoms with Crippen LogP contribution in [0.1, 0.15) is 39.5 Å². The molecule has 3 atom stereocenters. The lowest BCUT2D eigenvalue weighted by Gasteiger charge is -2.36. The largest absolute Gasteiger partial charge is 0.338 e. The number of rotatable bonds is 6. The van der Waals surface area contributed by atoms with Crippen molar-refractivity contribution in [3.63, 3.8) is 0 Å². The highest BCUT2D eigenvalue weighted by Crippen LogP contribution is 2.27. The Morgan fingerprint density at radius 3 is 2.50 bits per heavy atom. The second-order valence-corrected chi connectivity index (χ2v) is 8.81. The van der Waals surface area contributed by atoms with E-state index in [4.69, 9.17) is 0 Å². The van der Waals surface area contributed by atoms with Crippen molar-refractivity contribution in [3.8, 4) is 0 Å². The van der Waals surface area contributed by atoms with Crippen LogP contribution >= 0.6 is 11.8 Å². The third-order valence-electron chi connectivity index (χ3n) is 5.23. The summed E-state index contributed by atoms with van der Waals surface area (Å²) in [5, 5.41) is 0.445. The van der Waals surface area contributed by atoms with Gasteiger partial charge in [-0.3, -0.25) is 9.59 Å². The Morgan fingerprint density at radius 2 is 2.00 bits per heavy atom. The average Bonchev–Trinajstić information content (AvgIpc) is 2.97. The number of likely N-dealkylation sites (N-methyl/N-ethyl adjacent to an activating group) is 1. The molecule has 2 fully saturated rings. The first-order valence-corrected chi connectivity index (χ1v) is 10.4. The zero-order valence-electron chi connectivity index (χ0n) is 15.8. The minimum Gasteiger partial charge on any atom is -0.338 e. The SMILES string of the molecule is CSC1CN(C(=O)C(CC(C)C)N2CCCCC2=O)CC1N(C)C. The van der Waals surface area contributed by atoms with Crippen molar-refractivity contribution in [2.45, 2.75) is 56.9 Å². The van der Waals surface area contributed by atoms with E-state index in [1.807, 2.05) is 21.6 Å². The molecule has 6 heteroatoms. The Balaban J connectivity index is 2.14. The highest BCUT2D eigenvalue weighted by atomic mass is 32.2. The van der Waals surface area contributed by atoms with Gasteiger partial charge < -0.3 is 14.7 Å². The van der Waals surface area contributed by atoms with Gasteiger partial charge in [0.05, 0.1) is 0 Å². The van der Waals surface area contributed by atoms with Crippen molar-refractivity contribution in [3.05, 3.63) is 0 Å². The van der Waals surface area contributed by atoms with Crippen LogP contribution in [0, 0.1) is 5.92 Å². The van der Waals surface area contributed by atoms with E-state index in [9.17, 15) is 9.59 Å². The predicted molar refractivity (Wildman–Crippen MR) is 100 cm³/mol. The first-order chi connectivity index (χ1) is 11.3. The van der Waals surface area contributed by atoms with E-state index in [2.05, 4.69) is 39.1 Å². The van der Waals surface area contributed by atoms with Crippen molar-refractivity contribution in [1.29, 1.82) is 0 Å². The maximum Gasteiger partial charge on any atom is 0.245 e. The van der Waals surface area contributed by atoms with Gasteiger partial charge >= 0.3 is 0 Å². The molecule has 0 aromatic rings. The van der Waals surface area contributed by atoms with Crippen LogP contribution in [-0.2, 0) is 9.59 Å². The molecule has 24 heavy (non-hydrogen) atoms. The number of likely N-dealkylation sites (tertiary alicyclic amines) is 2. The molecule has 2 aliphatic heterocycles. The Kier molecular flexibility index (Phi) is 6.99. The molecular formula is C18H33N3O2S. The quantitative estimate of drug-likeness (QED) is 0.730. The van der Waals surface area contributed by atoms with E-state index < -0.39 is 0 Å². The zero-order valence-corrected chi connectivity index (χ0v) is 16.6. The zero-order chi connectivity index (χ0) is 17.9. The second kappa shape index (κ2) is 8.56. The molecule has 2 rings (SSSR count). The molecule has 0 radical (unpaired) electrons. The van der Waals surface area contributed by atoms with Gasteiger partial charge in [-0.05, 0) is 45.5 Å².